The summed E-state index contributed by atoms with van der Waals surface area (Å²) >= 11 is 1.65. The molecule has 0 spiro atoms. The van der Waals surface area contributed by atoms with Gasteiger partial charge in [0.15, 0.2) is 0 Å². The minimum absolute atomic E-state index is 0.0500. The highest BCUT2D eigenvalue weighted by molar-refractivity contribution is 7.10. The molecule has 1 amide bonds. The maximum absolute atomic E-state index is 11.8. The Kier molecular flexibility index (Phi) is 5.46. The van der Waals surface area contributed by atoms with E-state index in [1.165, 1.54) is 32.1 Å². The van der Waals surface area contributed by atoms with E-state index in [-0.39, 0.29) is 5.91 Å². The van der Waals surface area contributed by atoms with E-state index in [2.05, 4.69) is 5.32 Å². The average Bonchev–Trinajstić information content (AvgIpc) is 2.83. The first-order valence-electron chi connectivity index (χ1n) is 6.87. The lowest BCUT2D eigenvalue weighted by Crippen LogP contribution is -2.34. The second-order valence-corrected chi connectivity index (χ2v) is 5.88. The van der Waals surface area contributed by atoms with E-state index in [9.17, 15) is 4.79 Å². The molecular formula is C15H21NOS. The van der Waals surface area contributed by atoms with Crippen LogP contribution in [0.15, 0.2) is 23.6 Å². The van der Waals surface area contributed by atoms with Crippen molar-refractivity contribution < 1.29 is 4.79 Å². The number of hydrogen-bond acceptors (Lipinski definition) is 2. The first kappa shape index (κ1) is 13.3. The number of thiophene rings is 1. The van der Waals surface area contributed by atoms with Crippen LogP contribution in [0.4, 0.5) is 0 Å². The first-order chi connectivity index (χ1) is 8.84. The molecule has 1 aromatic rings. The predicted molar refractivity (Wildman–Crippen MR) is 77.6 cm³/mol. The number of carbonyl (C=O) groups excluding carboxylic acids is 1. The molecule has 1 N–H and O–H groups in total. The summed E-state index contributed by atoms with van der Waals surface area (Å²) in [7, 11) is 0. The Morgan fingerprint density at radius 1 is 1.22 bits per heavy atom. The summed E-state index contributed by atoms with van der Waals surface area (Å²) in [6.45, 7) is 0. The standard InChI is InChI=1S/C15H21NOS/c17-15(11-10-14-9-6-12-18-14)16-13-7-4-2-1-3-5-8-13/h6,9-13H,1-5,7-8H2,(H,16,17). The summed E-state index contributed by atoms with van der Waals surface area (Å²) in [6, 6.07) is 4.40. The topological polar surface area (TPSA) is 29.1 Å². The molecule has 98 valence electrons. The third-order valence-corrected chi connectivity index (χ3v) is 4.23. The van der Waals surface area contributed by atoms with E-state index in [1.54, 1.807) is 17.4 Å². The SMILES string of the molecule is O=C(C=Cc1cccs1)NC1CCCCCCC1. The van der Waals surface area contributed by atoms with Crippen molar-refractivity contribution in [3.05, 3.63) is 28.5 Å². The average molecular weight is 263 g/mol. The Bertz CT molecular complexity index is 375. The number of amides is 1. The lowest BCUT2D eigenvalue weighted by atomic mass is 9.97. The van der Waals surface area contributed by atoms with Crippen LogP contribution in [0.5, 0.6) is 0 Å². The fourth-order valence-electron chi connectivity index (χ4n) is 2.39. The van der Waals surface area contributed by atoms with E-state index in [4.69, 9.17) is 0 Å². The molecule has 0 saturated heterocycles. The van der Waals surface area contributed by atoms with Crippen molar-refractivity contribution in [1.29, 1.82) is 0 Å². The van der Waals surface area contributed by atoms with Crippen molar-refractivity contribution in [1.82, 2.24) is 5.32 Å². The van der Waals surface area contributed by atoms with Gasteiger partial charge in [-0.1, -0.05) is 38.2 Å². The second kappa shape index (κ2) is 7.37. The Morgan fingerprint density at radius 3 is 2.61 bits per heavy atom. The molecular weight excluding hydrogens is 242 g/mol. The van der Waals surface area contributed by atoms with Gasteiger partial charge in [0.2, 0.25) is 5.91 Å². The Labute approximate surface area is 113 Å². The van der Waals surface area contributed by atoms with Crippen LogP contribution in [-0.4, -0.2) is 11.9 Å². The molecule has 1 fully saturated rings. The largest absolute Gasteiger partial charge is 0.350 e. The molecule has 1 aliphatic rings. The molecule has 3 heteroatoms. The molecule has 1 heterocycles. The maximum atomic E-state index is 11.8. The number of hydrogen-bond donors (Lipinski definition) is 1. The van der Waals surface area contributed by atoms with Crippen molar-refractivity contribution >= 4 is 23.3 Å². The second-order valence-electron chi connectivity index (χ2n) is 4.90. The van der Waals surface area contributed by atoms with Gasteiger partial charge in [-0.25, -0.2) is 0 Å². The van der Waals surface area contributed by atoms with Gasteiger partial charge in [-0.15, -0.1) is 11.3 Å². The van der Waals surface area contributed by atoms with Gasteiger partial charge in [0.1, 0.15) is 0 Å². The normalized spacial score (nSPS) is 18.4. The van der Waals surface area contributed by atoms with Crippen LogP contribution in [0.3, 0.4) is 0 Å². The minimum Gasteiger partial charge on any atom is -0.350 e. The van der Waals surface area contributed by atoms with E-state index in [0.717, 1.165) is 17.7 Å². The van der Waals surface area contributed by atoms with Crippen molar-refractivity contribution in [2.45, 2.75) is 51.0 Å². The van der Waals surface area contributed by atoms with Gasteiger partial charge < -0.3 is 5.32 Å². The molecule has 0 aromatic carbocycles. The Morgan fingerprint density at radius 2 is 1.94 bits per heavy atom. The van der Waals surface area contributed by atoms with Gasteiger partial charge in [0.25, 0.3) is 0 Å². The van der Waals surface area contributed by atoms with Gasteiger partial charge in [-0.2, -0.15) is 0 Å². The van der Waals surface area contributed by atoms with Crippen LogP contribution in [0, 0.1) is 0 Å². The third-order valence-electron chi connectivity index (χ3n) is 3.39. The van der Waals surface area contributed by atoms with Crippen molar-refractivity contribution in [2.75, 3.05) is 0 Å². The van der Waals surface area contributed by atoms with Crippen molar-refractivity contribution in [2.24, 2.45) is 0 Å². The molecule has 0 radical (unpaired) electrons. The van der Waals surface area contributed by atoms with E-state index >= 15 is 0 Å². The fourth-order valence-corrected chi connectivity index (χ4v) is 3.01. The summed E-state index contributed by atoms with van der Waals surface area (Å²) < 4.78 is 0. The molecule has 0 aliphatic heterocycles. The Hall–Kier alpha value is -1.09. The van der Waals surface area contributed by atoms with Crippen LogP contribution in [0.2, 0.25) is 0 Å². The van der Waals surface area contributed by atoms with Crippen LogP contribution >= 0.6 is 11.3 Å². The molecule has 0 atom stereocenters. The summed E-state index contributed by atoms with van der Waals surface area (Å²) in [4.78, 5) is 12.9. The van der Waals surface area contributed by atoms with Crippen LogP contribution < -0.4 is 5.32 Å². The van der Waals surface area contributed by atoms with Crippen LogP contribution in [0.1, 0.15) is 49.8 Å². The lowest BCUT2D eigenvalue weighted by molar-refractivity contribution is -0.117. The molecule has 0 bridgehead atoms. The highest BCUT2D eigenvalue weighted by Crippen LogP contribution is 2.17. The number of rotatable bonds is 3. The molecule has 1 aromatic heterocycles. The zero-order valence-corrected chi connectivity index (χ0v) is 11.5. The number of nitrogens with one attached hydrogen (secondary N) is 1. The third kappa shape index (κ3) is 4.65. The molecule has 0 unspecified atom stereocenters. The summed E-state index contributed by atoms with van der Waals surface area (Å²) in [6.07, 6.45) is 12.3. The highest BCUT2D eigenvalue weighted by Gasteiger charge is 2.12. The quantitative estimate of drug-likeness (QED) is 0.821. The highest BCUT2D eigenvalue weighted by atomic mass is 32.1. The predicted octanol–water partition coefficient (Wildman–Crippen LogP) is 3.99. The van der Waals surface area contributed by atoms with E-state index < -0.39 is 0 Å². The summed E-state index contributed by atoms with van der Waals surface area (Å²) in [5, 5.41) is 5.15. The fraction of sp³-hybridized carbons (Fsp3) is 0.533. The van der Waals surface area contributed by atoms with Gasteiger partial charge in [0.05, 0.1) is 0 Å². The number of carbonyl (C=O) groups is 1. The summed E-state index contributed by atoms with van der Waals surface area (Å²) in [5.41, 5.74) is 0. The Balaban J connectivity index is 1.78. The van der Waals surface area contributed by atoms with Crippen molar-refractivity contribution in [3.8, 4) is 0 Å². The van der Waals surface area contributed by atoms with Crippen LogP contribution in [-0.2, 0) is 4.79 Å². The lowest BCUT2D eigenvalue weighted by Gasteiger charge is -2.20. The van der Waals surface area contributed by atoms with E-state index in [1.807, 2.05) is 23.6 Å². The summed E-state index contributed by atoms with van der Waals surface area (Å²) in [5.74, 6) is 0.0500. The van der Waals surface area contributed by atoms with Gasteiger partial charge in [-0.3, -0.25) is 4.79 Å². The van der Waals surface area contributed by atoms with Gasteiger partial charge in [-0.05, 0) is 30.4 Å². The maximum Gasteiger partial charge on any atom is 0.244 e. The molecule has 1 aliphatic carbocycles. The zero-order chi connectivity index (χ0) is 12.6. The van der Waals surface area contributed by atoms with Gasteiger partial charge >= 0.3 is 0 Å². The molecule has 2 nitrogen and oxygen atoms in total. The van der Waals surface area contributed by atoms with Gasteiger partial charge in [0, 0.05) is 17.0 Å². The molecule has 1 saturated carbocycles. The van der Waals surface area contributed by atoms with Crippen molar-refractivity contribution in [3.63, 3.8) is 0 Å². The zero-order valence-electron chi connectivity index (χ0n) is 10.7. The van der Waals surface area contributed by atoms with Crippen LogP contribution in [0.25, 0.3) is 6.08 Å². The molecule has 2 rings (SSSR count). The minimum atomic E-state index is 0.0500. The molecule has 18 heavy (non-hydrogen) atoms. The monoisotopic (exact) mass is 263 g/mol. The first-order valence-corrected chi connectivity index (χ1v) is 7.74. The van der Waals surface area contributed by atoms with E-state index in [0.29, 0.717) is 6.04 Å². The smallest absolute Gasteiger partial charge is 0.244 e.